The van der Waals surface area contributed by atoms with Gasteiger partial charge in [-0.3, -0.25) is 9.78 Å². The van der Waals surface area contributed by atoms with E-state index in [1.54, 1.807) is 6.20 Å². The third kappa shape index (κ3) is 3.74. The van der Waals surface area contributed by atoms with Gasteiger partial charge in [0.2, 0.25) is 0 Å². The number of nitrogens with one attached hydrogen (secondary N) is 1. The topological polar surface area (TPSA) is 58.2 Å². The molecule has 140 valence electrons. The number of aromatic nitrogens is 2. The summed E-state index contributed by atoms with van der Waals surface area (Å²) in [5.74, 6) is 0.0625. The second-order valence-corrected chi connectivity index (χ2v) is 7.32. The quantitative estimate of drug-likeness (QED) is 0.762. The standard InChI is InChI=1S/C22H25N3O2/c1-15-8-9-20-19(12-15)16(2)21(24-20)22(26)25-11-5-7-18(13-25)27-14-17-6-3-4-10-23-17/h3-4,6,8-10,12,18,24H,5,7,11,13-14H2,1-2H3/t18-/m1/s1. The van der Waals surface area contributed by atoms with Crippen molar-refractivity contribution in [1.82, 2.24) is 14.9 Å². The van der Waals surface area contributed by atoms with Crippen LogP contribution in [0.15, 0.2) is 42.6 Å². The summed E-state index contributed by atoms with van der Waals surface area (Å²) in [5.41, 5.74) is 4.85. The maximum atomic E-state index is 13.1. The Morgan fingerprint density at radius 2 is 2.19 bits per heavy atom. The average Bonchev–Trinajstić information content (AvgIpc) is 3.03. The highest BCUT2D eigenvalue weighted by atomic mass is 16.5. The number of hydrogen-bond acceptors (Lipinski definition) is 3. The summed E-state index contributed by atoms with van der Waals surface area (Å²) in [6.45, 7) is 5.97. The number of nitrogens with zero attached hydrogens (tertiary/aromatic N) is 2. The van der Waals surface area contributed by atoms with Crippen molar-refractivity contribution in [3.05, 3.63) is 65.1 Å². The first-order valence-corrected chi connectivity index (χ1v) is 9.51. The largest absolute Gasteiger partial charge is 0.370 e. The van der Waals surface area contributed by atoms with Gasteiger partial charge in [0.1, 0.15) is 5.69 Å². The van der Waals surface area contributed by atoms with E-state index in [9.17, 15) is 4.79 Å². The Hall–Kier alpha value is -2.66. The van der Waals surface area contributed by atoms with Gasteiger partial charge >= 0.3 is 0 Å². The molecule has 0 spiro atoms. The van der Waals surface area contributed by atoms with Crippen LogP contribution < -0.4 is 0 Å². The number of rotatable bonds is 4. The highest BCUT2D eigenvalue weighted by molar-refractivity contribution is 6.01. The Morgan fingerprint density at radius 3 is 3.00 bits per heavy atom. The number of hydrogen-bond donors (Lipinski definition) is 1. The van der Waals surface area contributed by atoms with Crippen LogP contribution in [0.3, 0.4) is 0 Å². The summed E-state index contributed by atoms with van der Waals surface area (Å²) in [6, 6.07) is 12.1. The van der Waals surface area contributed by atoms with E-state index in [2.05, 4.69) is 29.0 Å². The summed E-state index contributed by atoms with van der Waals surface area (Å²) >= 11 is 0. The zero-order chi connectivity index (χ0) is 18.8. The fraction of sp³-hybridized carbons (Fsp3) is 0.364. The maximum absolute atomic E-state index is 13.1. The first-order chi connectivity index (χ1) is 13.1. The minimum Gasteiger partial charge on any atom is -0.370 e. The van der Waals surface area contributed by atoms with Gasteiger partial charge in [-0.05, 0) is 56.5 Å². The van der Waals surface area contributed by atoms with Crippen molar-refractivity contribution in [2.45, 2.75) is 39.4 Å². The van der Waals surface area contributed by atoms with Crippen LogP contribution in [0.1, 0.15) is 40.2 Å². The summed E-state index contributed by atoms with van der Waals surface area (Å²) in [7, 11) is 0. The van der Waals surface area contributed by atoms with Crippen LogP contribution in [0.4, 0.5) is 0 Å². The number of ether oxygens (including phenoxy) is 1. The molecular formula is C22H25N3O2. The van der Waals surface area contributed by atoms with Gasteiger partial charge in [0, 0.05) is 30.2 Å². The van der Waals surface area contributed by atoms with Crippen LogP contribution in [0.25, 0.3) is 10.9 Å². The van der Waals surface area contributed by atoms with Gasteiger partial charge in [0.05, 0.1) is 18.4 Å². The van der Waals surface area contributed by atoms with Crippen molar-refractivity contribution in [2.75, 3.05) is 13.1 Å². The van der Waals surface area contributed by atoms with Crippen LogP contribution in [-0.2, 0) is 11.3 Å². The summed E-state index contributed by atoms with van der Waals surface area (Å²) in [5, 5.41) is 1.12. The maximum Gasteiger partial charge on any atom is 0.270 e. The van der Waals surface area contributed by atoms with Crippen molar-refractivity contribution in [3.63, 3.8) is 0 Å². The normalized spacial score (nSPS) is 17.4. The molecule has 3 heterocycles. The fourth-order valence-electron chi connectivity index (χ4n) is 3.76. The minimum absolute atomic E-state index is 0.0524. The number of H-pyrrole nitrogens is 1. The number of benzene rings is 1. The Bertz CT molecular complexity index is 949. The lowest BCUT2D eigenvalue weighted by atomic mass is 10.1. The van der Waals surface area contributed by atoms with Crippen molar-refractivity contribution < 1.29 is 9.53 Å². The number of carbonyl (C=O) groups excluding carboxylic acids is 1. The second kappa shape index (κ2) is 7.53. The molecule has 1 fully saturated rings. The van der Waals surface area contributed by atoms with E-state index < -0.39 is 0 Å². The van der Waals surface area contributed by atoms with Crippen LogP contribution in [0.2, 0.25) is 0 Å². The SMILES string of the molecule is Cc1ccc2[nH]c(C(=O)N3CCC[C@@H](OCc4ccccn4)C3)c(C)c2c1. The first-order valence-electron chi connectivity index (χ1n) is 9.51. The monoisotopic (exact) mass is 363 g/mol. The van der Waals surface area contributed by atoms with E-state index in [1.165, 1.54) is 5.56 Å². The van der Waals surface area contributed by atoms with E-state index in [4.69, 9.17) is 4.74 Å². The van der Waals surface area contributed by atoms with Crippen molar-refractivity contribution in [2.24, 2.45) is 0 Å². The Balaban J connectivity index is 1.46. The predicted octanol–water partition coefficient (Wildman–Crippen LogP) is 4.00. The molecule has 0 radical (unpaired) electrons. The number of piperidine rings is 1. The zero-order valence-electron chi connectivity index (χ0n) is 15.9. The number of aromatic amines is 1. The summed E-state index contributed by atoms with van der Waals surface area (Å²) < 4.78 is 6.02. The van der Waals surface area contributed by atoms with Crippen molar-refractivity contribution in [3.8, 4) is 0 Å². The summed E-state index contributed by atoms with van der Waals surface area (Å²) in [6.07, 6.45) is 3.76. The van der Waals surface area contributed by atoms with Gasteiger partial charge in [0.25, 0.3) is 5.91 Å². The molecule has 5 nitrogen and oxygen atoms in total. The van der Waals surface area contributed by atoms with Crippen LogP contribution in [0.5, 0.6) is 0 Å². The van der Waals surface area contributed by atoms with Crippen molar-refractivity contribution in [1.29, 1.82) is 0 Å². The molecule has 1 N–H and O–H groups in total. The van der Waals surface area contributed by atoms with Gasteiger partial charge in [-0.2, -0.15) is 0 Å². The molecule has 5 heteroatoms. The van der Waals surface area contributed by atoms with E-state index in [1.807, 2.05) is 36.1 Å². The molecule has 27 heavy (non-hydrogen) atoms. The Morgan fingerprint density at radius 1 is 1.30 bits per heavy atom. The van der Waals surface area contributed by atoms with Gasteiger partial charge in [-0.15, -0.1) is 0 Å². The molecule has 0 bridgehead atoms. The smallest absolute Gasteiger partial charge is 0.270 e. The molecule has 1 saturated heterocycles. The van der Waals surface area contributed by atoms with E-state index in [0.29, 0.717) is 18.8 Å². The zero-order valence-corrected chi connectivity index (χ0v) is 15.9. The van der Waals surface area contributed by atoms with E-state index in [0.717, 1.165) is 41.5 Å². The number of carbonyl (C=O) groups is 1. The fourth-order valence-corrected chi connectivity index (χ4v) is 3.76. The number of fused-ring (bicyclic) bond motifs is 1. The molecule has 0 unspecified atom stereocenters. The third-order valence-electron chi connectivity index (χ3n) is 5.29. The number of amides is 1. The molecule has 0 aliphatic carbocycles. The lowest BCUT2D eigenvalue weighted by Crippen LogP contribution is -2.43. The second-order valence-electron chi connectivity index (χ2n) is 7.32. The molecule has 0 saturated carbocycles. The molecule has 1 aliphatic rings. The Kier molecular flexibility index (Phi) is 4.94. The molecule has 1 aromatic carbocycles. The lowest BCUT2D eigenvalue weighted by molar-refractivity contribution is -0.00800. The molecular weight excluding hydrogens is 338 g/mol. The van der Waals surface area contributed by atoms with Gasteiger partial charge in [-0.25, -0.2) is 0 Å². The molecule has 1 amide bonds. The van der Waals surface area contributed by atoms with Gasteiger partial charge in [-0.1, -0.05) is 17.7 Å². The molecule has 1 aliphatic heterocycles. The predicted molar refractivity (Wildman–Crippen MR) is 106 cm³/mol. The minimum atomic E-state index is 0.0524. The van der Waals surface area contributed by atoms with Gasteiger partial charge < -0.3 is 14.6 Å². The number of likely N-dealkylation sites (tertiary alicyclic amines) is 1. The van der Waals surface area contributed by atoms with E-state index >= 15 is 0 Å². The highest BCUT2D eigenvalue weighted by Crippen LogP contribution is 2.25. The highest BCUT2D eigenvalue weighted by Gasteiger charge is 2.27. The van der Waals surface area contributed by atoms with E-state index in [-0.39, 0.29) is 12.0 Å². The van der Waals surface area contributed by atoms with Crippen LogP contribution in [0, 0.1) is 13.8 Å². The van der Waals surface area contributed by atoms with Crippen LogP contribution >= 0.6 is 0 Å². The average molecular weight is 363 g/mol. The van der Waals surface area contributed by atoms with Crippen LogP contribution in [-0.4, -0.2) is 40.0 Å². The molecule has 4 rings (SSSR count). The number of pyridine rings is 1. The Labute approximate surface area is 159 Å². The van der Waals surface area contributed by atoms with Gasteiger partial charge in [0.15, 0.2) is 0 Å². The first kappa shape index (κ1) is 17.7. The molecule has 1 atom stereocenters. The number of aryl methyl sites for hydroxylation is 2. The van der Waals surface area contributed by atoms with Crippen molar-refractivity contribution >= 4 is 16.8 Å². The summed E-state index contributed by atoms with van der Waals surface area (Å²) in [4.78, 5) is 22.7. The molecule has 3 aromatic rings. The third-order valence-corrected chi connectivity index (χ3v) is 5.29. The molecule has 2 aromatic heterocycles. The lowest BCUT2D eigenvalue weighted by Gasteiger charge is -2.32.